The van der Waals surface area contributed by atoms with Crippen molar-refractivity contribution >= 4 is 33.2 Å². The predicted octanol–water partition coefficient (Wildman–Crippen LogP) is 4.65. The van der Waals surface area contributed by atoms with Crippen molar-refractivity contribution in [2.24, 2.45) is 0 Å². The SMILES string of the molecule is CN1CCN(c2ccc(NC(=O)C3(c4ccc(Br)cc4)CCCC3)cc2)CC1. The van der Waals surface area contributed by atoms with E-state index in [0.717, 1.165) is 67.6 Å². The van der Waals surface area contributed by atoms with E-state index in [9.17, 15) is 4.79 Å². The van der Waals surface area contributed by atoms with Crippen molar-refractivity contribution in [3.63, 3.8) is 0 Å². The van der Waals surface area contributed by atoms with E-state index in [1.807, 2.05) is 24.3 Å². The van der Waals surface area contributed by atoms with E-state index in [-0.39, 0.29) is 5.91 Å². The summed E-state index contributed by atoms with van der Waals surface area (Å²) >= 11 is 3.50. The summed E-state index contributed by atoms with van der Waals surface area (Å²) in [6.45, 7) is 4.28. The van der Waals surface area contributed by atoms with E-state index in [0.29, 0.717) is 0 Å². The van der Waals surface area contributed by atoms with Gasteiger partial charge in [-0.3, -0.25) is 4.79 Å². The van der Waals surface area contributed by atoms with Crippen LogP contribution in [0.1, 0.15) is 31.2 Å². The summed E-state index contributed by atoms with van der Waals surface area (Å²) in [5.41, 5.74) is 2.83. The van der Waals surface area contributed by atoms with Crippen LogP contribution in [0.25, 0.3) is 0 Å². The molecule has 0 bridgehead atoms. The zero-order valence-corrected chi connectivity index (χ0v) is 18.0. The van der Waals surface area contributed by atoms with Crippen molar-refractivity contribution < 1.29 is 4.79 Å². The van der Waals surface area contributed by atoms with Crippen LogP contribution in [0, 0.1) is 0 Å². The lowest BCUT2D eigenvalue weighted by molar-refractivity contribution is -0.121. The highest BCUT2D eigenvalue weighted by atomic mass is 79.9. The Morgan fingerprint density at radius 1 is 0.929 bits per heavy atom. The lowest BCUT2D eigenvalue weighted by Gasteiger charge is -2.34. The number of nitrogens with zero attached hydrogens (tertiary/aromatic N) is 2. The zero-order valence-electron chi connectivity index (χ0n) is 16.5. The molecule has 28 heavy (non-hydrogen) atoms. The number of piperazine rings is 1. The molecule has 5 heteroatoms. The summed E-state index contributed by atoms with van der Waals surface area (Å²) in [4.78, 5) is 18.1. The Bertz CT molecular complexity index is 805. The van der Waals surface area contributed by atoms with Crippen molar-refractivity contribution in [2.45, 2.75) is 31.1 Å². The van der Waals surface area contributed by atoms with Crippen LogP contribution in [0.15, 0.2) is 53.0 Å². The smallest absolute Gasteiger partial charge is 0.235 e. The molecule has 148 valence electrons. The Labute approximate surface area is 176 Å². The Hall–Kier alpha value is -1.85. The number of nitrogens with one attached hydrogen (secondary N) is 1. The summed E-state index contributed by atoms with van der Waals surface area (Å²) < 4.78 is 1.05. The molecule has 2 aliphatic rings. The van der Waals surface area contributed by atoms with E-state index in [4.69, 9.17) is 0 Å². The van der Waals surface area contributed by atoms with E-state index in [1.54, 1.807) is 0 Å². The number of hydrogen-bond acceptors (Lipinski definition) is 3. The largest absolute Gasteiger partial charge is 0.369 e. The van der Waals surface area contributed by atoms with Crippen molar-refractivity contribution in [1.29, 1.82) is 0 Å². The fraction of sp³-hybridized carbons (Fsp3) is 0.435. The molecule has 2 aromatic rings. The average molecular weight is 442 g/mol. The number of amides is 1. The molecule has 2 fully saturated rings. The normalized spacial score (nSPS) is 19.6. The first kappa shape index (κ1) is 19.5. The first-order chi connectivity index (χ1) is 13.6. The highest BCUT2D eigenvalue weighted by molar-refractivity contribution is 9.10. The van der Waals surface area contributed by atoms with Crippen LogP contribution in [-0.4, -0.2) is 44.0 Å². The van der Waals surface area contributed by atoms with Gasteiger partial charge < -0.3 is 15.1 Å². The number of carbonyl (C=O) groups excluding carboxylic acids is 1. The second-order valence-corrected chi connectivity index (χ2v) is 9.00. The van der Waals surface area contributed by atoms with Crippen LogP contribution in [-0.2, 0) is 10.2 Å². The number of rotatable bonds is 4. The Morgan fingerprint density at radius 2 is 1.54 bits per heavy atom. The quantitative estimate of drug-likeness (QED) is 0.749. The third kappa shape index (κ3) is 3.96. The maximum atomic E-state index is 13.3. The number of anilines is 2. The van der Waals surface area contributed by atoms with Crippen molar-refractivity contribution in [2.75, 3.05) is 43.4 Å². The lowest BCUT2D eigenvalue weighted by atomic mass is 9.78. The van der Waals surface area contributed by atoms with Crippen LogP contribution < -0.4 is 10.2 Å². The fourth-order valence-electron chi connectivity index (χ4n) is 4.47. The van der Waals surface area contributed by atoms with Gasteiger partial charge >= 0.3 is 0 Å². The van der Waals surface area contributed by atoms with Gasteiger partial charge in [-0.2, -0.15) is 0 Å². The maximum absolute atomic E-state index is 13.3. The minimum atomic E-state index is -0.406. The molecule has 4 nitrogen and oxygen atoms in total. The van der Waals surface area contributed by atoms with Gasteiger partial charge in [0.15, 0.2) is 0 Å². The minimum Gasteiger partial charge on any atom is -0.369 e. The van der Waals surface area contributed by atoms with E-state index in [2.05, 4.69) is 62.4 Å². The number of likely N-dealkylation sites (N-methyl/N-ethyl adjacent to an activating group) is 1. The van der Waals surface area contributed by atoms with Crippen LogP contribution in [0.2, 0.25) is 0 Å². The molecule has 0 unspecified atom stereocenters. The van der Waals surface area contributed by atoms with Gasteiger partial charge in [0, 0.05) is 42.0 Å². The molecule has 1 aliphatic heterocycles. The van der Waals surface area contributed by atoms with Crippen LogP contribution >= 0.6 is 15.9 Å². The molecule has 2 aromatic carbocycles. The standard InChI is InChI=1S/C23H28BrN3O/c1-26-14-16-27(17-15-26)21-10-8-20(9-11-21)25-22(28)23(12-2-3-13-23)18-4-6-19(24)7-5-18/h4-11H,2-3,12-17H2,1H3,(H,25,28). The molecular formula is C23H28BrN3O. The van der Waals surface area contributed by atoms with Crippen molar-refractivity contribution in [3.05, 3.63) is 58.6 Å². The first-order valence-corrected chi connectivity index (χ1v) is 11.0. The number of benzene rings is 2. The minimum absolute atomic E-state index is 0.125. The van der Waals surface area contributed by atoms with Crippen molar-refractivity contribution in [3.8, 4) is 0 Å². The summed E-state index contributed by atoms with van der Waals surface area (Å²) in [6.07, 6.45) is 4.04. The second-order valence-electron chi connectivity index (χ2n) is 8.09. The van der Waals surface area contributed by atoms with E-state index < -0.39 is 5.41 Å². The molecule has 0 aromatic heterocycles. The molecule has 0 spiro atoms. The van der Waals surface area contributed by atoms with Gasteiger partial charge in [-0.15, -0.1) is 0 Å². The van der Waals surface area contributed by atoms with Gasteiger partial charge in [0.25, 0.3) is 0 Å². The summed E-state index contributed by atoms with van der Waals surface area (Å²) in [6, 6.07) is 16.6. The lowest BCUT2D eigenvalue weighted by Crippen LogP contribution is -2.44. The molecule has 1 heterocycles. The monoisotopic (exact) mass is 441 g/mol. The number of hydrogen-bond donors (Lipinski definition) is 1. The van der Waals surface area contributed by atoms with E-state index in [1.165, 1.54) is 5.69 Å². The first-order valence-electron chi connectivity index (χ1n) is 10.2. The molecule has 1 aliphatic carbocycles. The highest BCUT2D eigenvalue weighted by Crippen LogP contribution is 2.42. The predicted molar refractivity (Wildman–Crippen MR) is 119 cm³/mol. The number of carbonyl (C=O) groups is 1. The summed E-state index contributed by atoms with van der Waals surface area (Å²) in [7, 11) is 2.17. The summed E-state index contributed by atoms with van der Waals surface area (Å²) in [5, 5.41) is 3.20. The van der Waals surface area contributed by atoms with Gasteiger partial charge in [-0.25, -0.2) is 0 Å². The Balaban J connectivity index is 1.48. The van der Waals surface area contributed by atoms with Crippen LogP contribution in [0.4, 0.5) is 11.4 Å². The van der Waals surface area contributed by atoms with Gasteiger partial charge in [-0.05, 0) is 61.9 Å². The third-order valence-corrected chi connectivity index (χ3v) is 6.81. The average Bonchev–Trinajstić information content (AvgIpc) is 3.21. The topological polar surface area (TPSA) is 35.6 Å². The molecule has 1 saturated heterocycles. The number of halogens is 1. The molecule has 1 N–H and O–H groups in total. The third-order valence-electron chi connectivity index (χ3n) is 6.28. The van der Waals surface area contributed by atoms with E-state index >= 15 is 0 Å². The van der Waals surface area contributed by atoms with Gasteiger partial charge in [-0.1, -0.05) is 40.9 Å². The fourth-order valence-corrected chi connectivity index (χ4v) is 4.73. The molecule has 1 saturated carbocycles. The maximum Gasteiger partial charge on any atom is 0.235 e. The molecule has 4 rings (SSSR count). The van der Waals surface area contributed by atoms with Crippen LogP contribution in [0.3, 0.4) is 0 Å². The Kier molecular flexibility index (Phi) is 5.74. The van der Waals surface area contributed by atoms with Gasteiger partial charge in [0.2, 0.25) is 5.91 Å². The second kappa shape index (κ2) is 8.26. The summed E-state index contributed by atoms with van der Waals surface area (Å²) in [5.74, 6) is 0.125. The molecule has 0 atom stereocenters. The van der Waals surface area contributed by atoms with Gasteiger partial charge in [0.05, 0.1) is 5.41 Å². The van der Waals surface area contributed by atoms with Gasteiger partial charge in [0.1, 0.15) is 0 Å². The Morgan fingerprint density at radius 3 is 2.14 bits per heavy atom. The highest BCUT2D eigenvalue weighted by Gasteiger charge is 2.42. The zero-order chi connectivity index (χ0) is 19.6. The van der Waals surface area contributed by atoms with Crippen molar-refractivity contribution in [1.82, 2.24) is 4.90 Å². The molecular weight excluding hydrogens is 414 g/mol. The van der Waals surface area contributed by atoms with Crippen LogP contribution in [0.5, 0.6) is 0 Å². The molecule has 1 amide bonds. The molecule has 0 radical (unpaired) electrons.